The summed E-state index contributed by atoms with van der Waals surface area (Å²) in [5.74, 6) is -0.718. The monoisotopic (exact) mass is 267 g/mol. The van der Waals surface area contributed by atoms with Crippen molar-refractivity contribution in [2.45, 2.75) is 45.1 Å². The highest BCUT2D eigenvalue weighted by atomic mass is 19.1. The summed E-state index contributed by atoms with van der Waals surface area (Å²) in [5, 5.41) is 3.23. The second kappa shape index (κ2) is 8.81. The molecule has 0 radical (unpaired) electrons. The number of halogens is 2. The van der Waals surface area contributed by atoms with E-state index in [1.807, 2.05) is 13.0 Å². The minimum Gasteiger partial charge on any atom is -0.310 e. The van der Waals surface area contributed by atoms with Crippen molar-refractivity contribution < 1.29 is 8.78 Å². The average molecular weight is 267 g/mol. The lowest BCUT2D eigenvalue weighted by atomic mass is 9.99. The first-order valence-electron chi connectivity index (χ1n) is 6.98. The highest BCUT2D eigenvalue weighted by Crippen LogP contribution is 2.23. The number of allylic oxidation sites excluding steroid dienone is 1. The minimum absolute atomic E-state index is 0.107. The van der Waals surface area contributed by atoms with Crippen LogP contribution < -0.4 is 5.32 Å². The van der Waals surface area contributed by atoms with Crippen molar-refractivity contribution in [2.75, 3.05) is 6.54 Å². The van der Waals surface area contributed by atoms with Gasteiger partial charge in [0.1, 0.15) is 11.6 Å². The fourth-order valence-electron chi connectivity index (χ4n) is 2.21. The van der Waals surface area contributed by atoms with Gasteiger partial charge in [-0.1, -0.05) is 25.8 Å². The van der Waals surface area contributed by atoms with Crippen LogP contribution in [0.25, 0.3) is 0 Å². The number of hydrogen-bond donors (Lipinski definition) is 1. The van der Waals surface area contributed by atoms with Crippen LogP contribution in [0.1, 0.15) is 50.6 Å². The van der Waals surface area contributed by atoms with Crippen molar-refractivity contribution >= 4 is 0 Å². The van der Waals surface area contributed by atoms with Crippen LogP contribution in [0.3, 0.4) is 0 Å². The molecule has 19 heavy (non-hydrogen) atoms. The predicted molar refractivity (Wildman–Crippen MR) is 76.1 cm³/mol. The van der Waals surface area contributed by atoms with Crippen LogP contribution in [0.15, 0.2) is 30.9 Å². The molecule has 1 unspecified atom stereocenters. The molecule has 1 nitrogen and oxygen atoms in total. The van der Waals surface area contributed by atoms with Gasteiger partial charge in [-0.05, 0) is 44.0 Å². The normalized spacial score (nSPS) is 12.4. The maximum atomic E-state index is 13.8. The largest absolute Gasteiger partial charge is 0.310 e. The van der Waals surface area contributed by atoms with E-state index in [1.54, 1.807) is 0 Å². The van der Waals surface area contributed by atoms with E-state index >= 15 is 0 Å². The van der Waals surface area contributed by atoms with Crippen molar-refractivity contribution in [3.05, 3.63) is 48.1 Å². The first-order valence-corrected chi connectivity index (χ1v) is 6.98. The Morgan fingerprint density at radius 1 is 1.26 bits per heavy atom. The van der Waals surface area contributed by atoms with Gasteiger partial charge in [-0.2, -0.15) is 0 Å². The van der Waals surface area contributed by atoms with Gasteiger partial charge >= 0.3 is 0 Å². The van der Waals surface area contributed by atoms with E-state index in [-0.39, 0.29) is 17.7 Å². The molecule has 0 aromatic heterocycles. The second-order valence-electron chi connectivity index (χ2n) is 4.70. The number of benzene rings is 1. The van der Waals surface area contributed by atoms with Gasteiger partial charge < -0.3 is 5.32 Å². The fraction of sp³-hybridized carbons (Fsp3) is 0.500. The lowest BCUT2D eigenvalue weighted by Gasteiger charge is -2.19. The highest BCUT2D eigenvalue weighted by Gasteiger charge is 2.15. The van der Waals surface area contributed by atoms with Gasteiger partial charge in [0.25, 0.3) is 0 Å². The van der Waals surface area contributed by atoms with Crippen molar-refractivity contribution in [1.29, 1.82) is 0 Å². The molecular weight excluding hydrogens is 244 g/mol. The molecule has 0 aliphatic rings. The van der Waals surface area contributed by atoms with Gasteiger partial charge in [0.05, 0.1) is 0 Å². The SMILES string of the molecule is C=CCCCCCC(NCC)c1cc(F)ccc1F. The van der Waals surface area contributed by atoms with Gasteiger partial charge in [0.2, 0.25) is 0 Å². The zero-order valence-corrected chi connectivity index (χ0v) is 11.6. The molecule has 3 heteroatoms. The van der Waals surface area contributed by atoms with Crippen LogP contribution in [0.2, 0.25) is 0 Å². The smallest absolute Gasteiger partial charge is 0.128 e. The fourth-order valence-corrected chi connectivity index (χ4v) is 2.21. The summed E-state index contributed by atoms with van der Waals surface area (Å²) in [7, 11) is 0. The van der Waals surface area contributed by atoms with Gasteiger partial charge in [-0.15, -0.1) is 6.58 Å². The Hall–Kier alpha value is -1.22. The molecule has 0 fully saturated rings. The summed E-state index contributed by atoms with van der Waals surface area (Å²) in [6.45, 7) is 6.41. The molecule has 0 aliphatic carbocycles. The summed E-state index contributed by atoms with van der Waals surface area (Å²) in [6, 6.07) is 3.55. The Morgan fingerprint density at radius 3 is 2.74 bits per heavy atom. The molecule has 1 rings (SSSR count). The number of nitrogens with one attached hydrogen (secondary N) is 1. The van der Waals surface area contributed by atoms with Gasteiger partial charge in [-0.25, -0.2) is 8.78 Å². The Balaban J connectivity index is 2.60. The molecule has 1 aromatic rings. The van der Waals surface area contributed by atoms with E-state index < -0.39 is 0 Å². The second-order valence-corrected chi connectivity index (χ2v) is 4.70. The quantitative estimate of drug-likeness (QED) is 0.503. The van der Waals surface area contributed by atoms with Crippen LogP contribution in [0, 0.1) is 11.6 Å². The number of hydrogen-bond acceptors (Lipinski definition) is 1. The Morgan fingerprint density at radius 2 is 2.05 bits per heavy atom. The van der Waals surface area contributed by atoms with Crippen LogP contribution in [0.4, 0.5) is 8.78 Å². The molecule has 106 valence electrons. The Bertz CT molecular complexity index is 390. The van der Waals surface area contributed by atoms with Crippen molar-refractivity contribution in [3.8, 4) is 0 Å². The zero-order valence-electron chi connectivity index (χ0n) is 11.6. The van der Waals surface area contributed by atoms with Crippen LogP contribution in [0.5, 0.6) is 0 Å². The van der Waals surface area contributed by atoms with E-state index in [1.165, 1.54) is 12.1 Å². The van der Waals surface area contributed by atoms with E-state index in [0.29, 0.717) is 5.56 Å². The summed E-state index contributed by atoms with van der Waals surface area (Å²) >= 11 is 0. The first-order chi connectivity index (χ1) is 9.19. The Kier molecular flexibility index (Phi) is 7.34. The topological polar surface area (TPSA) is 12.0 Å². The van der Waals surface area contributed by atoms with Crippen molar-refractivity contribution in [2.24, 2.45) is 0 Å². The van der Waals surface area contributed by atoms with Crippen molar-refractivity contribution in [3.63, 3.8) is 0 Å². The minimum atomic E-state index is -0.383. The summed E-state index contributed by atoms with van der Waals surface area (Å²) in [6.07, 6.45) is 6.94. The van der Waals surface area contributed by atoms with Gasteiger partial charge in [0.15, 0.2) is 0 Å². The van der Waals surface area contributed by atoms with E-state index in [2.05, 4.69) is 11.9 Å². The van der Waals surface area contributed by atoms with Crippen LogP contribution in [-0.4, -0.2) is 6.54 Å². The molecule has 1 N–H and O–H groups in total. The maximum absolute atomic E-state index is 13.8. The number of rotatable bonds is 9. The third-order valence-corrected chi connectivity index (χ3v) is 3.19. The van der Waals surface area contributed by atoms with E-state index in [9.17, 15) is 8.78 Å². The predicted octanol–water partition coefficient (Wildman–Crippen LogP) is 4.75. The lowest BCUT2D eigenvalue weighted by Crippen LogP contribution is -2.22. The lowest BCUT2D eigenvalue weighted by molar-refractivity contribution is 0.458. The van der Waals surface area contributed by atoms with E-state index in [0.717, 1.165) is 44.7 Å². The molecule has 0 saturated carbocycles. The van der Waals surface area contributed by atoms with E-state index in [4.69, 9.17) is 0 Å². The average Bonchev–Trinajstić information content (AvgIpc) is 2.40. The molecule has 1 atom stereocenters. The van der Waals surface area contributed by atoms with Crippen molar-refractivity contribution in [1.82, 2.24) is 5.32 Å². The summed E-state index contributed by atoms with van der Waals surface area (Å²) < 4.78 is 27.0. The van der Waals surface area contributed by atoms with Gasteiger partial charge in [-0.3, -0.25) is 0 Å². The number of unbranched alkanes of at least 4 members (excludes halogenated alkanes) is 3. The molecule has 0 saturated heterocycles. The standard InChI is InChI=1S/C16H23F2N/c1-3-5-6-7-8-9-16(19-4-2)14-12-13(17)10-11-15(14)18/h3,10-12,16,19H,1,4-9H2,2H3. The zero-order chi connectivity index (χ0) is 14.1. The molecule has 0 bridgehead atoms. The molecule has 0 aliphatic heterocycles. The first kappa shape index (κ1) is 15.8. The molecule has 0 heterocycles. The molecule has 0 spiro atoms. The van der Waals surface area contributed by atoms with Gasteiger partial charge in [0, 0.05) is 11.6 Å². The maximum Gasteiger partial charge on any atom is 0.128 e. The van der Waals surface area contributed by atoms with Crippen LogP contribution in [-0.2, 0) is 0 Å². The summed E-state index contributed by atoms with van der Waals surface area (Å²) in [4.78, 5) is 0. The third-order valence-electron chi connectivity index (χ3n) is 3.19. The molecule has 1 aromatic carbocycles. The van der Waals surface area contributed by atoms with Crippen LogP contribution >= 0.6 is 0 Å². The highest BCUT2D eigenvalue weighted by molar-refractivity contribution is 5.22. The Labute approximate surface area is 114 Å². The third kappa shape index (κ3) is 5.52. The molecular formula is C16H23F2N. The summed E-state index contributed by atoms with van der Waals surface area (Å²) in [5.41, 5.74) is 0.436. The molecule has 0 amide bonds.